The molecule has 0 bridgehead atoms. The van der Waals surface area contributed by atoms with Gasteiger partial charge in [0.1, 0.15) is 0 Å². The van der Waals surface area contributed by atoms with E-state index in [1.165, 1.54) is 0 Å². The van der Waals surface area contributed by atoms with Gasteiger partial charge in [-0.1, -0.05) is 42.1 Å². The second-order valence-electron chi connectivity index (χ2n) is 2.09. The van der Waals surface area contributed by atoms with Crippen LogP contribution in [0, 0.1) is 0 Å². The van der Waals surface area contributed by atoms with E-state index in [1.54, 1.807) is 0 Å². The van der Waals surface area contributed by atoms with Crippen molar-refractivity contribution >= 4 is 17.0 Å². The van der Waals surface area contributed by atoms with E-state index in [9.17, 15) is 4.79 Å². The van der Waals surface area contributed by atoms with Crippen molar-refractivity contribution in [2.24, 2.45) is 5.73 Å². The van der Waals surface area contributed by atoms with Crippen LogP contribution in [0.25, 0.3) is 0 Å². The first kappa shape index (κ1) is 8.14. The highest BCUT2D eigenvalue weighted by molar-refractivity contribution is 8.12. The highest BCUT2D eigenvalue weighted by Gasteiger charge is 1.95. The lowest BCUT2D eigenvalue weighted by atomic mass is 10.2. The molecular weight excluding hydrogens is 158 g/mol. The molecule has 0 atom stereocenters. The molecular formula is C8H9NOS. The predicted octanol–water partition coefficient (Wildman–Crippen LogP) is 2.00. The van der Waals surface area contributed by atoms with Crippen molar-refractivity contribution in [3.8, 4) is 0 Å². The third-order valence-corrected chi connectivity index (χ3v) is 1.99. The lowest BCUT2D eigenvalue weighted by molar-refractivity contribution is 0.267. The molecule has 1 aromatic carbocycles. The molecule has 0 saturated carbocycles. The van der Waals surface area contributed by atoms with Crippen LogP contribution in [0.15, 0.2) is 30.3 Å². The zero-order valence-electron chi connectivity index (χ0n) is 5.99. The number of hydrogen-bond donors (Lipinski definition) is 1. The summed E-state index contributed by atoms with van der Waals surface area (Å²) in [7, 11) is 0. The van der Waals surface area contributed by atoms with Crippen molar-refractivity contribution < 1.29 is 4.79 Å². The molecule has 0 heterocycles. The van der Waals surface area contributed by atoms with Crippen LogP contribution in [-0.4, -0.2) is 5.24 Å². The lowest BCUT2D eigenvalue weighted by Crippen LogP contribution is -2.02. The number of benzene rings is 1. The summed E-state index contributed by atoms with van der Waals surface area (Å²) in [5.41, 5.74) is 6.09. The minimum atomic E-state index is -0.325. The number of carbonyl (C=O) groups is 1. The van der Waals surface area contributed by atoms with E-state index in [0.29, 0.717) is 5.75 Å². The number of primary amides is 1. The molecule has 0 aromatic heterocycles. The summed E-state index contributed by atoms with van der Waals surface area (Å²) < 4.78 is 0. The lowest BCUT2D eigenvalue weighted by Gasteiger charge is -1.95. The third kappa shape index (κ3) is 3.09. The van der Waals surface area contributed by atoms with Crippen LogP contribution in [-0.2, 0) is 5.75 Å². The van der Waals surface area contributed by atoms with Gasteiger partial charge in [-0.2, -0.15) is 0 Å². The molecule has 0 aliphatic carbocycles. The molecule has 0 spiro atoms. The Bertz CT molecular complexity index is 235. The smallest absolute Gasteiger partial charge is 0.276 e. The van der Waals surface area contributed by atoms with Gasteiger partial charge in [0.25, 0.3) is 5.24 Å². The number of hydrogen-bond acceptors (Lipinski definition) is 2. The Hall–Kier alpha value is -0.960. The van der Waals surface area contributed by atoms with E-state index in [1.807, 2.05) is 30.3 Å². The number of amides is 1. The van der Waals surface area contributed by atoms with Crippen molar-refractivity contribution in [2.75, 3.05) is 0 Å². The van der Waals surface area contributed by atoms with Crippen molar-refractivity contribution in [1.82, 2.24) is 0 Å². The summed E-state index contributed by atoms with van der Waals surface area (Å²) in [5, 5.41) is -0.325. The monoisotopic (exact) mass is 167 g/mol. The average molecular weight is 167 g/mol. The highest BCUT2D eigenvalue weighted by Crippen LogP contribution is 2.10. The zero-order valence-corrected chi connectivity index (χ0v) is 6.80. The first-order valence-electron chi connectivity index (χ1n) is 3.25. The maximum absolute atomic E-state index is 10.4. The van der Waals surface area contributed by atoms with Crippen molar-refractivity contribution in [1.29, 1.82) is 0 Å². The quantitative estimate of drug-likeness (QED) is 0.732. The number of nitrogens with two attached hydrogens (primary N) is 1. The fourth-order valence-electron chi connectivity index (χ4n) is 0.729. The number of rotatable bonds is 2. The van der Waals surface area contributed by atoms with Crippen LogP contribution in [0.4, 0.5) is 4.79 Å². The van der Waals surface area contributed by atoms with Crippen LogP contribution in [0.2, 0.25) is 0 Å². The summed E-state index contributed by atoms with van der Waals surface area (Å²) in [6.07, 6.45) is 0. The fraction of sp³-hybridized carbons (Fsp3) is 0.125. The van der Waals surface area contributed by atoms with Gasteiger partial charge in [-0.15, -0.1) is 0 Å². The summed E-state index contributed by atoms with van der Waals surface area (Å²) in [4.78, 5) is 10.4. The van der Waals surface area contributed by atoms with E-state index in [4.69, 9.17) is 5.73 Å². The SMILES string of the molecule is NC(=O)SCc1ccccc1. The normalized spacial score (nSPS) is 9.45. The standard InChI is InChI=1S/C8H9NOS/c9-8(10)11-6-7-4-2-1-3-5-7/h1-5H,6H2,(H2,9,10). The molecule has 2 nitrogen and oxygen atoms in total. The van der Waals surface area contributed by atoms with Crippen LogP contribution >= 0.6 is 11.8 Å². The molecule has 0 radical (unpaired) electrons. The Morgan fingerprint density at radius 1 is 1.36 bits per heavy atom. The van der Waals surface area contributed by atoms with Gasteiger partial charge < -0.3 is 5.73 Å². The van der Waals surface area contributed by atoms with E-state index in [0.717, 1.165) is 17.3 Å². The molecule has 0 aliphatic rings. The van der Waals surface area contributed by atoms with Crippen LogP contribution in [0.1, 0.15) is 5.56 Å². The minimum absolute atomic E-state index is 0.325. The first-order valence-corrected chi connectivity index (χ1v) is 4.24. The Kier molecular flexibility index (Phi) is 2.98. The maximum atomic E-state index is 10.4. The van der Waals surface area contributed by atoms with Crippen molar-refractivity contribution in [3.63, 3.8) is 0 Å². The summed E-state index contributed by atoms with van der Waals surface area (Å²) in [6.45, 7) is 0. The van der Waals surface area contributed by atoms with Crippen LogP contribution in [0.5, 0.6) is 0 Å². The zero-order chi connectivity index (χ0) is 8.10. The second kappa shape index (κ2) is 4.03. The van der Waals surface area contributed by atoms with Crippen molar-refractivity contribution in [3.05, 3.63) is 35.9 Å². The van der Waals surface area contributed by atoms with Gasteiger partial charge in [-0.25, -0.2) is 0 Å². The maximum Gasteiger partial charge on any atom is 0.276 e. The average Bonchev–Trinajstić information content (AvgIpc) is 2.03. The molecule has 1 rings (SSSR count). The molecule has 3 heteroatoms. The van der Waals surface area contributed by atoms with Gasteiger partial charge >= 0.3 is 0 Å². The molecule has 0 saturated heterocycles. The molecule has 11 heavy (non-hydrogen) atoms. The summed E-state index contributed by atoms with van der Waals surface area (Å²) in [5.74, 6) is 0.663. The Balaban J connectivity index is 2.45. The van der Waals surface area contributed by atoms with Crippen LogP contribution in [0.3, 0.4) is 0 Å². The van der Waals surface area contributed by atoms with Gasteiger partial charge in [0.05, 0.1) is 0 Å². The van der Waals surface area contributed by atoms with Gasteiger partial charge in [0.2, 0.25) is 0 Å². The van der Waals surface area contributed by atoms with E-state index in [-0.39, 0.29) is 5.24 Å². The van der Waals surface area contributed by atoms with Crippen LogP contribution < -0.4 is 5.73 Å². The van der Waals surface area contributed by atoms with E-state index in [2.05, 4.69) is 0 Å². The first-order chi connectivity index (χ1) is 5.29. The molecule has 2 N–H and O–H groups in total. The topological polar surface area (TPSA) is 43.1 Å². The summed E-state index contributed by atoms with van der Waals surface area (Å²) in [6, 6.07) is 9.76. The number of thioether (sulfide) groups is 1. The predicted molar refractivity (Wildman–Crippen MR) is 47.3 cm³/mol. The van der Waals surface area contributed by atoms with Gasteiger partial charge in [0.15, 0.2) is 0 Å². The molecule has 1 amide bonds. The summed E-state index contributed by atoms with van der Waals surface area (Å²) >= 11 is 1.12. The molecule has 1 aromatic rings. The molecule has 0 unspecified atom stereocenters. The highest BCUT2D eigenvalue weighted by atomic mass is 32.2. The molecule has 0 fully saturated rings. The molecule has 0 aliphatic heterocycles. The van der Waals surface area contributed by atoms with Crippen molar-refractivity contribution in [2.45, 2.75) is 5.75 Å². The second-order valence-corrected chi connectivity index (χ2v) is 3.07. The Morgan fingerprint density at radius 3 is 2.55 bits per heavy atom. The number of carbonyl (C=O) groups excluding carboxylic acids is 1. The van der Waals surface area contributed by atoms with E-state index < -0.39 is 0 Å². The van der Waals surface area contributed by atoms with Gasteiger partial charge in [-0.3, -0.25) is 4.79 Å². The minimum Gasteiger partial charge on any atom is -0.361 e. The molecule has 58 valence electrons. The van der Waals surface area contributed by atoms with E-state index >= 15 is 0 Å². The fourth-order valence-corrected chi connectivity index (χ4v) is 1.23. The largest absolute Gasteiger partial charge is 0.361 e. The Labute approximate surface area is 69.8 Å². The van der Waals surface area contributed by atoms with Gasteiger partial charge in [-0.05, 0) is 5.56 Å². The third-order valence-electron chi connectivity index (χ3n) is 1.22. The van der Waals surface area contributed by atoms with Gasteiger partial charge in [0, 0.05) is 5.75 Å². The Morgan fingerprint density at radius 2 is 2.00 bits per heavy atom.